The van der Waals surface area contributed by atoms with Crippen LogP contribution in [0.4, 0.5) is 0 Å². The molecule has 1 aliphatic carbocycles. The van der Waals surface area contributed by atoms with Crippen LogP contribution in [0.3, 0.4) is 0 Å². The van der Waals surface area contributed by atoms with Crippen molar-refractivity contribution in [3.8, 4) is 0 Å². The van der Waals surface area contributed by atoms with E-state index in [0.717, 1.165) is 51.4 Å². The lowest BCUT2D eigenvalue weighted by atomic mass is 9.79. The van der Waals surface area contributed by atoms with Gasteiger partial charge in [-0.2, -0.15) is 0 Å². The van der Waals surface area contributed by atoms with E-state index in [4.69, 9.17) is 4.74 Å². The normalized spacial score (nSPS) is 15.9. The van der Waals surface area contributed by atoms with Crippen LogP contribution in [0.25, 0.3) is 11.0 Å². The van der Waals surface area contributed by atoms with E-state index >= 15 is 0 Å². The van der Waals surface area contributed by atoms with Crippen LogP contribution in [-0.4, -0.2) is 42.3 Å². The molecule has 2 aromatic carbocycles. The molecule has 1 aliphatic rings. The minimum absolute atomic E-state index is 0.210. The van der Waals surface area contributed by atoms with E-state index in [1.165, 1.54) is 32.1 Å². The molecule has 2 atom stereocenters. The molecule has 8 heteroatoms. The van der Waals surface area contributed by atoms with Gasteiger partial charge in [0, 0.05) is 25.9 Å². The van der Waals surface area contributed by atoms with Crippen molar-refractivity contribution < 1.29 is 9.53 Å². The Hall–Kier alpha value is -3.55. The van der Waals surface area contributed by atoms with Crippen molar-refractivity contribution in [2.45, 2.75) is 84.6 Å². The molecule has 2 heterocycles. The second kappa shape index (κ2) is 11.7. The number of hydrogen-bond acceptors (Lipinski definition) is 6. The van der Waals surface area contributed by atoms with Gasteiger partial charge < -0.3 is 9.30 Å². The number of aromatic nitrogens is 6. The van der Waals surface area contributed by atoms with E-state index in [2.05, 4.69) is 75.3 Å². The molecule has 5 rings (SSSR count). The summed E-state index contributed by atoms with van der Waals surface area (Å²) in [4.78, 5) is 13.7. The first-order valence-electron chi connectivity index (χ1n) is 14.3. The minimum Gasteiger partial charge on any atom is -0.466 e. The number of aryl methyl sites for hydroxylation is 4. The van der Waals surface area contributed by atoms with Crippen LogP contribution >= 0.6 is 0 Å². The van der Waals surface area contributed by atoms with Crippen LogP contribution in [-0.2, 0) is 29.5 Å². The van der Waals surface area contributed by atoms with Crippen molar-refractivity contribution in [2.24, 2.45) is 13.0 Å². The van der Waals surface area contributed by atoms with Gasteiger partial charge in [0.2, 0.25) is 0 Å². The molecule has 1 saturated carbocycles. The second-order valence-electron chi connectivity index (χ2n) is 11.1. The summed E-state index contributed by atoms with van der Waals surface area (Å²) in [5, 5.41) is 17.8. The van der Waals surface area contributed by atoms with Gasteiger partial charge in [0.1, 0.15) is 17.2 Å². The highest BCUT2D eigenvalue weighted by Gasteiger charge is 2.35. The van der Waals surface area contributed by atoms with E-state index in [1.54, 1.807) is 4.68 Å². The van der Waals surface area contributed by atoms with Crippen LogP contribution in [0.5, 0.6) is 0 Å². The summed E-state index contributed by atoms with van der Waals surface area (Å²) >= 11 is 0. The van der Waals surface area contributed by atoms with Crippen molar-refractivity contribution in [1.82, 2.24) is 29.8 Å². The summed E-state index contributed by atoms with van der Waals surface area (Å²) in [6.07, 6.45) is 7.31. The van der Waals surface area contributed by atoms with Gasteiger partial charge in [-0.25, -0.2) is 4.68 Å². The predicted octanol–water partition coefficient (Wildman–Crippen LogP) is 5.74. The quantitative estimate of drug-likeness (QED) is 0.258. The van der Waals surface area contributed by atoms with E-state index in [9.17, 15) is 4.79 Å². The van der Waals surface area contributed by atoms with Crippen molar-refractivity contribution >= 4 is 17.0 Å². The third-order valence-electron chi connectivity index (χ3n) is 8.45. The molecule has 4 aromatic rings. The second-order valence-corrected chi connectivity index (χ2v) is 11.1. The standard InChI is InChI=1S/C31H40N6O2/c1-6-39-31(38)29(24-14-12-20(2)13-15-24)26(25-16-17-27-30(21(25)3)34-35-36(27)5)19-37-22(4)32-33-28(37)18-23-10-8-7-9-11-23/h12-17,23,26,29H,6-11,18-19H2,1-5H3. The van der Waals surface area contributed by atoms with Crippen LogP contribution < -0.4 is 0 Å². The maximum absolute atomic E-state index is 13.7. The average molecular weight is 529 g/mol. The van der Waals surface area contributed by atoms with Gasteiger partial charge in [0.15, 0.2) is 0 Å². The lowest BCUT2D eigenvalue weighted by molar-refractivity contribution is -0.145. The Balaban J connectivity index is 1.63. The Kier molecular flexibility index (Phi) is 8.10. The summed E-state index contributed by atoms with van der Waals surface area (Å²) < 4.78 is 9.74. The van der Waals surface area contributed by atoms with Crippen molar-refractivity contribution in [3.05, 3.63) is 70.3 Å². The van der Waals surface area contributed by atoms with Gasteiger partial charge >= 0.3 is 5.97 Å². The summed E-state index contributed by atoms with van der Waals surface area (Å²) in [5.74, 6) is 1.59. The molecular formula is C31H40N6O2. The summed E-state index contributed by atoms with van der Waals surface area (Å²) in [6, 6.07) is 12.4. The monoisotopic (exact) mass is 528 g/mol. The summed E-state index contributed by atoms with van der Waals surface area (Å²) in [5.41, 5.74) is 6.03. The molecule has 1 fully saturated rings. The highest BCUT2D eigenvalue weighted by Crippen LogP contribution is 2.39. The maximum Gasteiger partial charge on any atom is 0.314 e. The zero-order valence-corrected chi connectivity index (χ0v) is 23.9. The van der Waals surface area contributed by atoms with Crippen molar-refractivity contribution in [1.29, 1.82) is 0 Å². The topological polar surface area (TPSA) is 87.7 Å². The molecule has 0 saturated heterocycles. The molecule has 0 amide bonds. The SMILES string of the molecule is CCOC(=O)C(c1ccc(C)cc1)C(Cn1c(C)nnc1CC1CCCCC1)c1ccc2c(nnn2C)c1C. The van der Waals surface area contributed by atoms with Gasteiger partial charge in [0.05, 0.1) is 18.0 Å². The number of nitrogens with zero attached hydrogens (tertiary/aromatic N) is 6. The van der Waals surface area contributed by atoms with Gasteiger partial charge in [0.25, 0.3) is 0 Å². The number of benzene rings is 2. The van der Waals surface area contributed by atoms with Gasteiger partial charge in [-0.05, 0) is 56.4 Å². The van der Waals surface area contributed by atoms with E-state index in [1.807, 2.05) is 20.9 Å². The van der Waals surface area contributed by atoms with Crippen LogP contribution in [0.2, 0.25) is 0 Å². The zero-order chi connectivity index (χ0) is 27.5. The summed E-state index contributed by atoms with van der Waals surface area (Å²) in [7, 11) is 1.90. The third kappa shape index (κ3) is 5.60. The van der Waals surface area contributed by atoms with Crippen molar-refractivity contribution in [3.63, 3.8) is 0 Å². The van der Waals surface area contributed by atoms with Crippen molar-refractivity contribution in [2.75, 3.05) is 6.61 Å². The number of carbonyl (C=O) groups is 1. The highest BCUT2D eigenvalue weighted by atomic mass is 16.5. The van der Waals surface area contributed by atoms with E-state index in [-0.39, 0.29) is 11.9 Å². The maximum atomic E-state index is 13.7. The van der Waals surface area contributed by atoms with Crippen LogP contribution in [0, 0.1) is 26.7 Å². The Morgan fingerprint density at radius 3 is 2.46 bits per heavy atom. The van der Waals surface area contributed by atoms with Gasteiger partial charge in [-0.3, -0.25) is 4.79 Å². The number of ether oxygens (including phenoxy) is 1. The largest absolute Gasteiger partial charge is 0.466 e. The molecule has 0 radical (unpaired) electrons. The molecule has 2 aromatic heterocycles. The molecule has 2 unspecified atom stereocenters. The minimum atomic E-state index is -0.497. The van der Waals surface area contributed by atoms with Crippen LogP contribution in [0.15, 0.2) is 36.4 Å². The third-order valence-corrected chi connectivity index (χ3v) is 8.45. The predicted molar refractivity (Wildman–Crippen MR) is 152 cm³/mol. The Morgan fingerprint density at radius 1 is 1.00 bits per heavy atom. The highest BCUT2D eigenvalue weighted by molar-refractivity contribution is 5.82. The number of fused-ring (bicyclic) bond motifs is 1. The molecule has 206 valence electrons. The molecule has 0 N–H and O–H groups in total. The van der Waals surface area contributed by atoms with E-state index in [0.29, 0.717) is 19.1 Å². The molecule has 0 spiro atoms. The summed E-state index contributed by atoms with van der Waals surface area (Å²) in [6.45, 7) is 8.92. The average Bonchev–Trinajstić information content (AvgIpc) is 3.48. The fourth-order valence-corrected chi connectivity index (χ4v) is 6.23. The first kappa shape index (κ1) is 27.0. The first-order chi connectivity index (χ1) is 18.9. The zero-order valence-electron chi connectivity index (χ0n) is 23.9. The lowest BCUT2D eigenvalue weighted by Crippen LogP contribution is -2.28. The fraction of sp³-hybridized carbons (Fsp3) is 0.516. The number of carbonyl (C=O) groups excluding carboxylic acids is 1. The van der Waals surface area contributed by atoms with Crippen LogP contribution in [0.1, 0.15) is 84.8 Å². The number of hydrogen-bond donors (Lipinski definition) is 0. The smallest absolute Gasteiger partial charge is 0.314 e. The molecule has 8 nitrogen and oxygen atoms in total. The van der Waals surface area contributed by atoms with Gasteiger partial charge in [-0.15, -0.1) is 15.3 Å². The first-order valence-corrected chi connectivity index (χ1v) is 14.3. The molecule has 39 heavy (non-hydrogen) atoms. The fourth-order valence-electron chi connectivity index (χ4n) is 6.23. The molecule has 0 aliphatic heterocycles. The lowest BCUT2D eigenvalue weighted by Gasteiger charge is -2.29. The van der Waals surface area contributed by atoms with Gasteiger partial charge in [-0.1, -0.05) is 73.2 Å². The molecule has 0 bridgehead atoms. The Morgan fingerprint density at radius 2 is 1.74 bits per heavy atom. The molecular weight excluding hydrogens is 488 g/mol. The Labute approximate surface area is 230 Å². The number of esters is 1. The Bertz CT molecular complexity index is 1430. The van der Waals surface area contributed by atoms with E-state index < -0.39 is 5.92 Å². The number of rotatable bonds is 9.